The summed E-state index contributed by atoms with van der Waals surface area (Å²) < 4.78 is 0. The van der Waals surface area contributed by atoms with Crippen molar-refractivity contribution in [1.29, 1.82) is 0 Å². The maximum atomic E-state index is 5.64. The minimum Gasteiger partial charge on any atom is -0.397 e. The number of nitrogens with two attached hydrogens (primary N) is 2. The SMILES string of the molecule is Nc1cccc(CBr)c1N. The zero-order chi connectivity index (χ0) is 7.56. The number of alkyl halides is 1. The Hall–Kier alpha value is -0.700. The Kier molecular flexibility index (Phi) is 2.17. The molecule has 0 amide bonds. The molecule has 0 aliphatic carbocycles. The van der Waals surface area contributed by atoms with Gasteiger partial charge in [-0.1, -0.05) is 28.1 Å². The molecular formula is C7H9BrN2. The van der Waals surface area contributed by atoms with Gasteiger partial charge in [-0.05, 0) is 11.6 Å². The molecule has 0 atom stereocenters. The fraction of sp³-hybridized carbons (Fsp3) is 0.143. The first-order valence-electron chi connectivity index (χ1n) is 2.94. The smallest absolute Gasteiger partial charge is 0.0588 e. The van der Waals surface area contributed by atoms with Crippen LogP contribution >= 0.6 is 15.9 Å². The Morgan fingerprint density at radius 3 is 2.50 bits per heavy atom. The topological polar surface area (TPSA) is 52.0 Å². The van der Waals surface area contributed by atoms with Crippen molar-refractivity contribution in [2.45, 2.75) is 5.33 Å². The molecule has 0 heterocycles. The highest BCUT2D eigenvalue weighted by Crippen LogP contribution is 2.20. The second kappa shape index (κ2) is 2.92. The summed E-state index contributed by atoms with van der Waals surface area (Å²) in [7, 11) is 0. The predicted octanol–water partition coefficient (Wildman–Crippen LogP) is 1.75. The van der Waals surface area contributed by atoms with Gasteiger partial charge in [-0.15, -0.1) is 0 Å². The lowest BCUT2D eigenvalue weighted by molar-refractivity contribution is 1.44. The van der Waals surface area contributed by atoms with Gasteiger partial charge in [-0.25, -0.2) is 0 Å². The summed E-state index contributed by atoms with van der Waals surface area (Å²) in [6.07, 6.45) is 0. The number of rotatable bonds is 1. The lowest BCUT2D eigenvalue weighted by Gasteiger charge is -2.03. The van der Waals surface area contributed by atoms with Crippen molar-refractivity contribution in [2.75, 3.05) is 11.5 Å². The molecule has 0 aliphatic rings. The molecule has 0 saturated heterocycles. The number of hydrogen-bond acceptors (Lipinski definition) is 2. The van der Waals surface area contributed by atoms with Crippen LogP contribution in [0.4, 0.5) is 11.4 Å². The maximum absolute atomic E-state index is 5.64. The van der Waals surface area contributed by atoms with Gasteiger partial charge in [-0.2, -0.15) is 0 Å². The highest BCUT2D eigenvalue weighted by molar-refractivity contribution is 9.08. The zero-order valence-corrected chi connectivity index (χ0v) is 7.06. The van der Waals surface area contributed by atoms with E-state index in [2.05, 4.69) is 15.9 Å². The first-order valence-corrected chi connectivity index (χ1v) is 4.06. The minimum absolute atomic E-state index is 0.650. The first-order chi connectivity index (χ1) is 4.75. The van der Waals surface area contributed by atoms with Gasteiger partial charge in [0.15, 0.2) is 0 Å². The monoisotopic (exact) mass is 200 g/mol. The van der Waals surface area contributed by atoms with Crippen molar-refractivity contribution in [1.82, 2.24) is 0 Å². The molecule has 1 aromatic rings. The number of nitrogen functional groups attached to an aromatic ring is 2. The fourth-order valence-corrected chi connectivity index (χ4v) is 1.24. The lowest BCUT2D eigenvalue weighted by atomic mass is 10.2. The fourth-order valence-electron chi connectivity index (χ4n) is 0.749. The van der Waals surface area contributed by atoms with E-state index < -0.39 is 0 Å². The summed E-state index contributed by atoms with van der Waals surface area (Å²) in [5, 5.41) is 0.754. The molecule has 10 heavy (non-hydrogen) atoms. The van der Waals surface area contributed by atoms with Gasteiger partial charge >= 0.3 is 0 Å². The van der Waals surface area contributed by atoms with Crippen molar-refractivity contribution in [3.63, 3.8) is 0 Å². The third-order valence-electron chi connectivity index (χ3n) is 1.37. The van der Waals surface area contributed by atoms with Crippen LogP contribution in [-0.2, 0) is 5.33 Å². The quantitative estimate of drug-likeness (QED) is 0.537. The molecule has 0 fully saturated rings. The molecule has 54 valence electrons. The largest absolute Gasteiger partial charge is 0.397 e. The van der Waals surface area contributed by atoms with Gasteiger partial charge in [0, 0.05) is 5.33 Å². The van der Waals surface area contributed by atoms with Crippen LogP contribution in [0, 0.1) is 0 Å². The molecule has 1 aromatic carbocycles. The van der Waals surface area contributed by atoms with Crippen molar-refractivity contribution in [3.8, 4) is 0 Å². The Bertz CT molecular complexity index is 235. The average Bonchev–Trinajstić information content (AvgIpc) is 1.95. The summed E-state index contributed by atoms with van der Waals surface area (Å²) in [6.45, 7) is 0. The summed E-state index contributed by atoms with van der Waals surface area (Å²) in [5.41, 5.74) is 13.6. The van der Waals surface area contributed by atoms with Crippen LogP contribution in [0.15, 0.2) is 18.2 Å². The van der Waals surface area contributed by atoms with Crippen LogP contribution < -0.4 is 11.5 Å². The van der Waals surface area contributed by atoms with E-state index in [9.17, 15) is 0 Å². The van der Waals surface area contributed by atoms with E-state index in [0.717, 1.165) is 10.9 Å². The third kappa shape index (κ3) is 1.24. The van der Waals surface area contributed by atoms with E-state index in [-0.39, 0.29) is 0 Å². The summed E-state index contributed by atoms with van der Waals surface area (Å²) in [5.74, 6) is 0. The van der Waals surface area contributed by atoms with E-state index in [0.29, 0.717) is 11.4 Å². The Morgan fingerprint density at radius 1 is 1.30 bits per heavy atom. The molecule has 3 heteroatoms. The number of benzene rings is 1. The molecule has 0 aromatic heterocycles. The minimum atomic E-state index is 0.650. The van der Waals surface area contributed by atoms with E-state index >= 15 is 0 Å². The molecule has 0 spiro atoms. The second-order valence-electron chi connectivity index (χ2n) is 2.05. The van der Waals surface area contributed by atoms with Gasteiger partial charge < -0.3 is 11.5 Å². The van der Waals surface area contributed by atoms with Crippen LogP contribution in [0.3, 0.4) is 0 Å². The molecule has 0 bridgehead atoms. The summed E-state index contributed by atoms with van der Waals surface area (Å²) >= 11 is 3.31. The van der Waals surface area contributed by atoms with Crippen molar-refractivity contribution in [2.24, 2.45) is 0 Å². The second-order valence-corrected chi connectivity index (χ2v) is 2.61. The van der Waals surface area contributed by atoms with Crippen molar-refractivity contribution < 1.29 is 0 Å². The Labute approximate surface area is 68.3 Å². The van der Waals surface area contributed by atoms with Crippen molar-refractivity contribution >= 4 is 27.3 Å². The molecule has 0 unspecified atom stereocenters. The van der Waals surface area contributed by atoms with Crippen molar-refractivity contribution in [3.05, 3.63) is 23.8 Å². The van der Waals surface area contributed by atoms with Crippen LogP contribution in [0.1, 0.15) is 5.56 Å². The molecule has 0 aliphatic heterocycles. The molecule has 1 rings (SSSR count). The molecular weight excluding hydrogens is 192 g/mol. The van der Waals surface area contributed by atoms with Gasteiger partial charge in [0.05, 0.1) is 11.4 Å². The lowest BCUT2D eigenvalue weighted by Crippen LogP contribution is -1.97. The van der Waals surface area contributed by atoms with E-state index in [1.54, 1.807) is 6.07 Å². The highest BCUT2D eigenvalue weighted by Gasteiger charge is 1.98. The normalized spacial score (nSPS) is 9.70. The standard InChI is InChI=1S/C7H9BrN2/c8-4-5-2-1-3-6(9)7(5)10/h1-3H,4,9-10H2. The predicted molar refractivity (Wildman–Crippen MR) is 47.9 cm³/mol. The number of para-hydroxylation sites is 1. The zero-order valence-electron chi connectivity index (χ0n) is 5.47. The first kappa shape index (κ1) is 7.41. The Morgan fingerprint density at radius 2 is 2.00 bits per heavy atom. The highest BCUT2D eigenvalue weighted by atomic mass is 79.9. The Balaban J connectivity index is 3.14. The van der Waals surface area contributed by atoms with Crippen LogP contribution in [-0.4, -0.2) is 0 Å². The van der Waals surface area contributed by atoms with E-state index in [1.807, 2.05) is 12.1 Å². The van der Waals surface area contributed by atoms with Crippen LogP contribution in [0.2, 0.25) is 0 Å². The van der Waals surface area contributed by atoms with Gasteiger partial charge in [0.2, 0.25) is 0 Å². The van der Waals surface area contributed by atoms with Gasteiger partial charge in [0.25, 0.3) is 0 Å². The van der Waals surface area contributed by atoms with Crippen LogP contribution in [0.5, 0.6) is 0 Å². The van der Waals surface area contributed by atoms with Gasteiger partial charge in [-0.3, -0.25) is 0 Å². The molecule has 2 nitrogen and oxygen atoms in total. The number of hydrogen-bond donors (Lipinski definition) is 2. The molecule has 0 radical (unpaired) electrons. The molecule has 4 N–H and O–H groups in total. The third-order valence-corrected chi connectivity index (χ3v) is 1.98. The van der Waals surface area contributed by atoms with E-state index in [4.69, 9.17) is 11.5 Å². The summed E-state index contributed by atoms with van der Waals surface area (Å²) in [6, 6.07) is 5.63. The molecule has 0 saturated carbocycles. The average molecular weight is 201 g/mol. The number of anilines is 2. The summed E-state index contributed by atoms with van der Waals surface area (Å²) in [4.78, 5) is 0. The number of halogens is 1. The van der Waals surface area contributed by atoms with E-state index in [1.165, 1.54) is 0 Å². The van der Waals surface area contributed by atoms with Crippen LogP contribution in [0.25, 0.3) is 0 Å². The van der Waals surface area contributed by atoms with Gasteiger partial charge in [0.1, 0.15) is 0 Å². The maximum Gasteiger partial charge on any atom is 0.0588 e.